The van der Waals surface area contributed by atoms with E-state index in [9.17, 15) is 9.90 Å². The summed E-state index contributed by atoms with van der Waals surface area (Å²) in [6, 6.07) is 12.2. The molecule has 2 aromatic carbocycles. The van der Waals surface area contributed by atoms with Crippen LogP contribution in [0.1, 0.15) is 18.4 Å². The fourth-order valence-electron chi connectivity index (χ4n) is 3.33. The van der Waals surface area contributed by atoms with Crippen molar-refractivity contribution < 1.29 is 14.4 Å². The van der Waals surface area contributed by atoms with E-state index < -0.39 is 11.5 Å². The van der Waals surface area contributed by atoms with E-state index in [1.165, 1.54) is 17.0 Å². The average Bonchev–Trinajstić information content (AvgIpc) is 3.26. The van der Waals surface area contributed by atoms with Crippen LogP contribution < -0.4 is 4.90 Å². The molecule has 1 aromatic heterocycles. The number of amides is 1. The molecule has 0 aliphatic carbocycles. The third-order valence-corrected chi connectivity index (χ3v) is 5.22. The lowest BCUT2D eigenvalue weighted by atomic mass is 9.88. The Morgan fingerprint density at radius 3 is 2.68 bits per heavy atom. The SMILES string of the molecule is C=C(c1nc(-c2ccccc2)no1)C1(O)C(=O)N(CC)c2c(Cl)cc(Cl)cc21. The van der Waals surface area contributed by atoms with Gasteiger partial charge >= 0.3 is 0 Å². The summed E-state index contributed by atoms with van der Waals surface area (Å²) in [5, 5.41) is 15.9. The van der Waals surface area contributed by atoms with Crippen molar-refractivity contribution in [2.24, 2.45) is 0 Å². The molecule has 1 atom stereocenters. The fourth-order valence-corrected chi connectivity index (χ4v) is 3.92. The number of anilines is 1. The minimum absolute atomic E-state index is 0.0392. The number of carbonyl (C=O) groups excluding carboxylic acids is 1. The van der Waals surface area contributed by atoms with Crippen molar-refractivity contribution >= 4 is 40.4 Å². The van der Waals surface area contributed by atoms with Gasteiger partial charge in [-0.05, 0) is 19.1 Å². The summed E-state index contributed by atoms with van der Waals surface area (Å²) < 4.78 is 5.29. The van der Waals surface area contributed by atoms with Crippen molar-refractivity contribution in [1.29, 1.82) is 0 Å². The number of rotatable bonds is 4. The van der Waals surface area contributed by atoms with Gasteiger partial charge in [0.25, 0.3) is 11.8 Å². The van der Waals surface area contributed by atoms with Crippen molar-refractivity contribution in [3.05, 3.63) is 70.5 Å². The van der Waals surface area contributed by atoms with Gasteiger partial charge in [-0.2, -0.15) is 4.98 Å². The molecule has 3 aromatic rings. The summed E-state index contributed by atoms with van der Waals surface area (Å²) in [6.45, 7) is 5.97. The number of likely N-dealkylation sites (N-methyl/N-ethyl adjacent to an activating group) is 1. The zero-order valence-electron chi connectivity index (χ0n) is 14.8. The number of nitrogens with zero attached hydrogens (tertiary/aromatic N) is 3. The summed E-state index contributed by atoms with van der Waals surface area (Å²) in [6.07, 6.45) is 0. The molecule has 1 amide bonds. The monoisotopic (exact) mass is 415 g/mol. The van der Waals surface area contributed by atoms with E-state index in [2.05, 4.69) is 16.7 Å². The highest BCUT2D eigenvalue weighted by atomic mass is 35.5. The highest BCUT2D eigenvalue weighted by molar-refractivity contribution is 6.38. The third-order valence-electron chi connectivity index (χ3n) is 4.71. The zero-order valence-corrected chi connectivity index (χ0v) is 16.3. The molecule has 1 unspecified atom stereocenters. The van der Waals surface area contributed by atoms with E-state index in [0.717, 1.165) is 5.56 Å². The second kappa shape index (κ2) is 6.74. The lowest BCUT2D eigenvalue weighted by Gasteiger charge is -2.22. The number of halogens is 2. The molecule has 1 N–H and O–H groups in total. The van der Waals surface area contributed by atoms with Crippen LogP contribution >= 0.6 is 23.2 Å². The standard InChI is InChI=1S/C20H15Cl2N3O3/c1-3-25-16-14(9-13(21)10-15(16)22)20(27,19(25)26)11(2)18-23-17(24-28-18)12-7-5-4-6-8-12/h4-10,27H,2-3H2,1H3. The highest BCUT2D eigenvalue weighted by Gasteiger charge is 2.54. The van der Waals surface area contributed by atoms with E-state index in [1.54, 1.807) is 6.92 Å². The van der Waals surface area contributed by atoms with Crippen LogP contribution in [0.3, 0.4) is 0 Å². The molecule has 28 heavy (non-hydrogen) atoms. The van der Waals surface area contributed by atoms with E-state index in [0.29, 0.717) is 18.1 Å². The first kappa shape index (κ1) is 18.7. The molecule has 0 saturated carbocycles. The van der Waals surface area contributed by atoms with Gasteiger partial charge in [0.2, 0.25) is 11.4 Å². The van der Waals surface area contributed by atoms with Crippen molar-refractivity contribution in [3.8, 4) is 11.4 Å². The maximum Gasteiger partial charge on any atom is 0.268 e. The van der Waals surface area contributed by atoms with Crippen LogP contribution in [0.5, 0.6) is 0 Å². The molecule has 1 aliphatic rings. The van der Waals surface area contributed by atoms with Gasteiger partial charge in [0.05, 0.1) is 16.3 Å². The number of benzene rings is 2. The van der Waals surface area contributed by atoms with Crippen molar-refractivity contribution in [1.82, 2.24) is 10.1 Å². The fraction of sp³-hybridized carbons (Fsp3) is 0.150. The number of aliphatic hydroxyl groups is 1. The third kappa shape index (κ3) is 2.64. The van der Waals surface area contributed by atoms with Gasteiger partial charge < -0.3 is 14.5 Å². The zero-order chi connectivity index (χ0) is 20.1. The van der Waals surface area contributed by atoms with Crippen LogP contribution in [0, 0.1) is 0 Å². The number of fused-ring (bicyclic) bond motifs is 1. The second-order valence-electron chi connectivity index (χ2n) is 6.31. The van der Waals surface area contributed by atoms with Crippen LogP contribution in [-0.2, 0) is 10.4 Å². The molecule has 0 fully saturated rings. The number of carbonyl (C=O) groups is 1. The topological polar surface area (TPSA) is 79.5 Å². The molecule has 0 radical (unpaired) electrons. The smallest absolute Gasteiger partial charge is 0.268 e. The molecule has 0 saturated heterocycles. The lowest BCUT2D eigenvalue weighted by molar-refractivity contribution is -0.130. The van der Waals surface area contributed by atoms with Crippen LogP contribution in [-0.4, -0.2) is 27.7 Å². The van der Waals surface area contributed by atoms with Crippen LogP contribution in [0.4, 0.5) is 5.69 Å². The first-order valence-corrected chi connectivity index (χ1v) is 9.26. The minimum atomic E-state index is -2.11. The van der Waals surface area contributed by atoms with E-state index in [4.69, 9.17) is 27.7 Å². The lowest BCUT2D eigenvalue weighted by Crippen LogP contribution is -2.41. The van der Waals surface area contributed by atoms with Crippen molar-refractivity contribution in [2.75, 3.05) is 11.4 Å². The molecular formula is C20H15Cl2N3O3. The molecule has 4 rings (SSSR count). The molecule has 142 valence electrons. The van der Waals surface area contributed by atoms with Crippen LogP contribution in [0.25, 0.3) is 17.0 Å². The largest absolute Gasteiger partial charge is 0.372 e. The molecular weight excluding hydrogens is 401 g/mol. The Kier molecular flexibility index (Phi) is 4.50. The highest BCUT2D eigenvalue weighted by Crippen LogP contribution is 2.50. The van der Waals surface area contributed by atoms with E-state index in [-0.39, 0.29) is 27.1 Å². The van der Waals surface area contributed by atoms with Crippen LogP contribution in [0.2, 0.25) is 10.0 Å². The summed E-state index contributed by atoms with van der Waals surface area (Å²) >= 11 is 12.4. The number of hydrogen-bond donors (Lipinski definition) is 1. The Bertz CT molecular complexity index is 1100. The van der Waals surface area contributed by atoms with Gasteiger partial charge in [0.15, 0.2) is 0 Å². The van der Waals surface area contributed by atoms with Gasteiger partial charge in [0, 0.05) is 22.7 Å². The molecule has 0 spiro atoms. The number of aromatic nitrogens is 2. The molecule has 6 nitrogen and oxygen atoms in total. The average molecular weight is 416 g/mol. The summed E-state index contributed by atoms with van der Waals surface area (Å²) in [4.78, 5) is 18.8. The van der Waals surface area contributed by atoms with Crippen LogP contribution in [0.15, 0.2) is 53.6 Å². The van der Waals surface area contributed by atoms with E-state index >= 15 is 0 Å². The van der Waals surface area contributed by atoms with Crippen molar-refractivity contribution in [2.45, 2.75) is 12.5 Å². The first-order valence-electron chi connectivity index (χ1n) is 8.50. The Morgan fingerprint density at radius 2 is 2.00 bits per heavy atom. The Labute approximate surface area is 171 Å². The number of hydrogen-bond acceptors (Lipinski definition) is 5. The first-order chi connectivity index (χ1) is 13.4. The predicted molar refractivity (Wildman–Crippen MR) is 107 cm³/mol. The predicted octanol–water partition coefficient (Wildman–Crippen LogP) is 4.31. The second-order valence-corrected chi connectivity index (χ2v) is 7.15. The minimum Gasteiger partial charge on any atom is -0.372 e. The summed E-state index contributed by atoms with van der Waals surface area (Å²) in [5.41, 5.74) is -0.786. The maximum atomic E-state index is 13.1. The Morgan fingerprint density at radius 1 is 1.29 bits per heavy atom. The molecule has 2 heterocycles. The summed E-state index contributed by atoms with van der Waals surface area (Å²) in [7, 11) is 0. The Balaban J connectivity index is 1.82. The van der Waals surface area contributed by atoms with E-state index in [1.807, 2.05) is 30.3 Å². The van der Waals surface area contributed by atoms with Gasteiger partial charge in [-0.15, -0.1) is 0 Å². The Hall–Kier alpha value is -2.67. The van der Waals surface area contributed by atoms with Gasteiger partial charge in [0.1, 0.15) is 0 Å². The maximum absolute atomic E-state index is 13.1. The summed E-state index contributed by atoms with van der Waals surface area (Å²) in [5.74, 6) is -0.323. The molecule has 1 aliphatic heterocycles. The normalized spacial score (nSPS) is 18.4. The van der Waals surface area contributed by atoms with Crippen molar-refractivity contribution in [3.63, 3.8) is 0 Å². The molecule has 0 bridgehead atoms. The van der Waals surface area contributed by atoms with Gasteiger partial charge in [-0.1, -0.05) is 65.3 Å². The van der Waals surface area contributed by atoms with Gasteiger partial charge in [-0.3, -0.25) is 4.79 Å². The molecule has 8 heteroatoms. The van der Waals surface area contributed by atoms with Gasteiger partial charge in [-0.25, -0.2) is 0 Å². The quantitative estimate of drug-likeness (QED) is 0.686.